The third kappa shape index (κ3) is 3.20. The van der Waals surface area contributed by atoms with E-state index in [-0.39, 0.29) is 24.4 Å². The second-order valence-corrected chi connectivity index (χ2v) is 8.00. The van der Waals surface area contributed by atoms with Crippen molar-refractivity contribution in [3.8, 4) is 0 Å². The van der Waals surface area contributed by atoms with Crippen molar-refractivity contribution >= 4 is 17.8 Å². The lowest BCUT2D eigenvalue weighted by Gasteiger charge is -2.44. The third-order valence-electron chi connectivity index (χ3n) is 6.00. The van der Waals surface area contributed by atoms with Crippen LogP contribution in [0.25, 0.3) is 0 Å². The number of nitrogens with zero attached hydrogens (tertiary/aromatic N) is 2. The second kappa shape index (κ2) is 7.06. The molecule has 29 heavy (non-hydrogen) atoms. The summed E-state index contributed by atoms with van der Waals surface area (Å²) in [6.45, 7) is 6.61. The van der Waals surface area contributed by atoms with E-state index in [0.717, 1.165) is 5.56 Å². The van der Waals surface area contributed by atoms with Crippen LogP contribution in [0.3, 0.4) is 0 Å². The van der Waals surface area contributed by atoms with E-state index in [4.69, 9.17) is 4.74 Å². The normalized spacial score (nSPS) is 21.1. The zero-order valence-electron chi connectivity index (χ0n) is 16.9. The van der Waals surface area contributed by atoms with Gasteiger partial charge < -0.3 is 14.6 Å². The summed E-state index contributed by atoms with van der Waals surface area (Å²) >= 11 is 0. The lowest BCUT2D eigenvalue weighted by molar-refractivity contribution is 0.0374. The van der Waals surface area contributed by atoms with Gasteiger partial charge in [-0.25, -0.2) is 4.79 Å². The number of H-pyrrole nitrogens is 1. The number of aryl methyl sites for hydroxylation is 1. The monoisotopic (exact) mass is 395 g/mol. The Kier molecular flexibility index (Phi) is 4.68. The number of Topliss-reactive ketones (excluding diaryl/α,β-unsaturated/α-hetero) is 1. The fourth-order valence-electron chi connectivity index (χ4n) is 4.59. The van der Waals surface area contributed by atoms with Gasteiger partial charge in [-0.3, -0.25) is 14.5 Å². The predicted octanol–water partition coefficient (Wildman–Crippen LogP) is 2.72. The molecule has 7 nitrogen and oxygen atoms in total. The van der Waals surface area contributed by atoms with Gasteiger partial charge in [-0.15, -0.1) is 0 Å². The van der Waals surface area contributed by atoms with E-state index in [9.17, 15) is 14.4 Å². The van der Waals surface area contributed by atoms with Crippen molar-refractivity contribution in [2.75, 3.05) is 26.2 Å². The molecule has 2 aliphatic heterocycles. The van der Waals surface area contributed by atoms with Crippen LogP contribution in [0.1, 0.15) is 44.6 Å². The molecule has 0 aliphatic carbocycles. The molecular formula is C22H25N3O4. The summed E-state index contributed by atoms with van der Waals surface area (Å²) in [5.74, 6) is -0.208. The van der Waals surface area contributed by atoms with Crippen LogP contribution < -0.4 is 0 Å². The smallest absolute Gasteiger partial charge is 0.410 e. The van der Waals surface area contributed by atoms with E-state index in [1.807, 2.05) is 37.3 Å². The van der Waals surface area contributed by atoms with Crippen molar-refractivity contribution in [2.24, 2.45) is 0 Å². The van der Waals surface area contributed by atoms with Gasteiger partial charge >= 0.3 is 6.09 Å². The van der Waals surface area contributed by atoms with Gasteiger partial charge in [-0.2, -0.15) is 0 Å². The average molecular weight is 395 g/mol. The SMILES string of the molecule is CC(=O)c1[nH]c(C)c(C(=O)N2CCN3C(=O)OCC3(Cc3ccccc3)C2)c1C. The van der Waals surface area contributed by atoms with Gasteiger partial charge in [0.1, 0.15) is 12.1 Å². The van der Waals surface area contributed by atoms with Crippen LogP contribution >= 0.6 is 0 Å². The van der Waals surface area contributed by atoms with E-state index in [1.54, 1.807) is 16.7 Å². The molecule has 4 rings (SSSR count). The molecule has 0 spiro atoms. The first-order chi connectivity index (χ1) is 13.8. The highest BCUT2D eigenvalue weighted by Gasteiger charge is 2.51. The Labute approximate surface area is 169 Å². The first kappa shape index (κ1) is 19.2. The van der Waals surface area contributed by atoms with Crippen LogP contribution in [0.15, 0.2) is 30.3 Å². The molecule has 2 aromatic rings. The van der Waals surface area contributed by atoms with E-state index < -0.39 is 5.54 Å². The topological polar surface area (TPSA) is 82.7 Å². The summed E-state index contributed by atoms with van der Waals surface area (Å²) in [5, 5.41) is 0. The number of hydrogen-bond acceptors (Lipinski definition) is 4. The van der Waals surface area contributed by atoms with Crippen LogP contribution in [0.2, 0.25) is 0 Å². The molecule has 0 bridgehead atoms. The van der Waals surface area contributed by atoms with Gasteiger partial charge in [0.15, 0.2) is 5.78 Å². The van der Waals surface area contributed by atoms with Gasteiger partial charge in [0.2, 0.25) is 0 Å². The maximum Gasteiger partial charge on any atom is 0.410 e. The largest absolute Gasteiger partial charge is 0.447 e. The molecule has 1 atom stereocenters. The number of aromatic nitrogens is 1. The molecule has 1 N–H and O–H groups in total. The summed E-state index contributed by atoms with van der Waals surface area (Å²) in [7, 11) is 0. The maximum absolute atomic E-state index is 13.4. The number of benzene rings is 1. The first-order valence-electron chi connectivity index (χ1n) is 9.80. The number of hydrogen-bond donors (Lipinski definition) is 1. The van der Waals surface area contributed by atoms with E-state index in [1.165, 1.54) is 6.92 Å². The van der Waals surface area contributed by atoms with E-state index in [0.29, 0.717) is 48.6 Å². The van der Waals surface area contributed by atoms with Crippen LogP contribution in [0, 0.1) is 13.8 Å². The van der Waals surface area contributed by atoms with E-state index in [2.05, 4.69) is 4.98 Å². The molecule has 2 saturated heterocycles. The molecule has 1 aromatic carbocycles. The molecular weight excluding hydrogens is 370 g/mol. The molecule has 3 heterocycles. The first-order valence-corrected chi connectivity index (χ1v) is 9.80. The summed E-state index contributed by atoms with van der Waals surface area (Å²) in [5.41, 5.74) is 2.91. The molecule has 2 amide bonds. The molecule has 2 aliphatic rings. The second-order valence-electron chi connectivity index (χ2n) is 8.00. The van der Waals surface area contributed by atoms with Crippen molar-refractivity contribution in [3.05, 3.63) is 58.4 Å². The van der Waals surface area contributed by atoms with Gasteiger partial charge in [0, 0.05) is 38.7 Å². The molecule has 152 valence electrons. The Balaban J connectivity index is 1.64. The fourth-order valence-corrected chi connectivity index (χ4v) is 4.59. The van der Waals surface area contributed by atoms with Crippen molar-refractivity contribution in [2.45, 2.75) is 32.7 Å². The summed E-state index contributed by atoms with van der Waals surface area (Å²) in [6.07, 6.45) is 0.300. The Morgan fingerprint density at radius 1 is 1.17 bits per heavy atom. The average Bonchev–Trinajstić information content (AvgIpc) is 3.18. The molecule has 1 aromatic heterocycles. The van der Waals surface area contributed by atoms with Crippen molar-refractivity contribution in [1.29, 1.82) is 0 Å². The van der Waals surface area contributed by atoms with Crippen molar-refractivity contribution in [1.82, 2.24) is 14.8 Å². The number of carbonyl (C=O) groups excluding carboxylic acids is 3. The highest BCUT2D eigenvalue weighted by molar-refractivity contribution is 6.02. The van der Waals surface area contributed by atoms with Crippen molar-refractivity contribution < 1.29 is 19.1 Å². The number of aromatic amines is 1. The quantitative estimate of drug-likeness (QED) is 0.807. The Morgan fingerprint density at radius 2 is 1.90 bits per heavy atom. The Morgan fingerprint density at radius 3 is 2.55 bits per heavy atom. The number of ketones is 1. The lowest BCUT2D eigenvalue weighted by Crippen LogP contribution is -2.63. The number of fused-ring (bicyclic) bond motifs is 1. The summed E-state index contributed by atoms with van der Waals surface area (Å²) < 4.78 is 5.39. The van der Waals surface area contributed by atoms with Gasteiger partial charge in [-0.1, -0.05) is 30.3 Å². The Bertz CT molecular complexity index is 981. The summed E-state index contributed by atoms with van der Waals surface area (Å²) in [6, 6.07) is 9.94. The third-order valence-corrected chi connectivity index (χ3v) is 6.00. The number of nitrogens with one attached hydrogen (secondary N) is 1. The van der Waals surface area contributed by atoms with Gasteiger partial charge in [-0.05, 0) is 25.0 Å². The lowest BCUT2D eigenvalue weighted by atomic mass is 9.87. The molecule has 7 heteroatoms. The van der Waals surface area contributed by atoms with Crippen LogP contribution in [0.4, 0.5) is 4.79 Å². The highest BCUT2D eigenvalue weighted by Crippen LogP contribution is 2.33. The van der Waals surface area contributed by atoms with E-state index >= 15 is 0 Å². The molecule has 0 saturated carbocycles. The van der Waals surface area contributed by atoms with Crippen molar-refractivity contribution in [3.63, 3.8) is 0 Å². The number of rotatable bonds is 4. The zero-order chi connectivity index (χ0) is 20.8. The molecule has 0 radical (unpaired) electrons. The fraction of sp³-hybridized carbons (Fsp3) is 0.409. The zero-order valence-corrected chi connectivity index (χ0v) is 16.9. The minimum Gasteiger partial charge on any atom is -0.447 e. The minimum atomic E-state index is -0.576. The highest BCUT2D eigenvalue weighted by atomic mass is 16.6. The van der Waals surface area contributed by atoms with Crippen LogP contribution in [-0.2, 0) is 11.2 Å². The Hall–Kier alpha value is -3.09. The number of amides is 2. The molecule has 2 fully saturated rings. The van der Waals surface area contributed by atoms with Crippen LogP contribution in [0.5, 0.6) is 0 Å². The number of cyclic esters (lactones) is 1. The molecule has 1 unspecified atom stereocenters. The minimum absolute atomic E-state index is 0.0928. The standard InChI is InChI=1S/C22H25N3O4/c1-14-18(15(2)23-19(14)16(3)26)20(27)24-9-10-25-21(28)29-13-22(25,12-24)11-17-7-5-4-6-8-17/h4-8,23H,9-13H2,1-3H3. The predicted molar refractivity (Wildman–Crippen MR) is 107 cm³/mol. The van der Waals surface area contributed by atoms with Gasteiger partial charge in [0.25, 0.3) is 5.91 Å². The van der Waals surface area contributed by atoms with Crippen LogP contribution in [-0.4, -0.2) is 64.3 Å². The maximum atomic E-state index is 13.4. The number of carbonyl (C=O) groups is 3. The number of ether oxygens (including phenoxy) is 1. The van der Waals surface area contributed by atoms with Gasteiger partial charge in [0.05, 0.1) is 11.3 Å². The summed E-state index contributed by atoms with van der Waals surface area (Å²) in [4.78, 5) is 44.1. The number of piperazine rings is 1.